The van der Waals surface area contributed by atoms with E-state index in [9.17, 15) is 30.4 Å². The number of hydrogen-bond acceptors (Lipinski definition) is 4. The monoisotopic (exact) mass is 354 g/mol. The highest BCUT2D eigenvalue weighted by atomic mass is 32.2. The first-order valence-corrected chi connectivity index (χ1v) is 7.20. The first-order chi connectivity index (χ1) is 10.7. The van der Waals surface area contributed by atoms with Crippen LogP contribution in [0.25, 0.3) is 0 Å². The van der Waals surface area contributed by atoms with Gasteiger partial charge in [0.15, 0.2) is 22.3 Å². The lowest BCUT2D eigenvalue weighted by Crippen LogP contribution is -2.17. The maximum absolute atomic E-state index is 13.8. The van der Waals surface area contributed by atoms with E-state index in [4.69, 9.17) is 0 Å². The van der Waals surface area contributed by atoms with Gasteiger partial charge in [-0.15, -0.1) is 0 Å². The Morgan fingerprint density at radius 1 is 0.826 bits per heavy atom. The standard InChI is InChI=1S/C13H7F5O4S/c1-21-12-8(15)10(17)13(11(18)9(12)16)23(19,20)22-7-4-2-6(14)3-5-7/h2-5H,1H3. The molecule has 0 radical (unpaired) electrons. The van der Waals surface area contributed by atoms with E-state index < -0.39 is 55.6 Å². The zero-order valence-corrected chi connectivity index (χ0v) is 12.1. The normalized spacial score (nSPS) is 11.4. The van der Waals surface area contributed by atoms with Crippen molar-refractivity contribution in [3.8, 4) is 11.5 Å². The average molecular weight is 354 g/mol. The van der Waals surface area contributed by atoms with Crippen LogP contribution in [-0.2, 0) is 10.1 Å². The van der Waals surface area contributed by atoms with Gasteiger partial charge in [-0.25, -0.2) is 13.2 Å². The van der Waals surface area contributed by atoms with Crippen LogP contribution in [0.15, 0.2) is 29.2 Å². The third kappa shape index (κ3) is 3.07. The van der Waals surface area contributed by atoms with Crippen molar-refractivity contribution in [3.63, 3.8) is 0 Å². The van der Waals surface area contributed by atoms with Crippen molar-refractivity contribution in [3.05, 3.63) is 53.4 Å². The Balaban J connectivity index is 2.58. The fourth-order valence-corrected chi connectivity index (χ4v) is 2.71. The predicted octanol–water partition coefficient (Wildman–Crippen LogP) is 3.16. The molecule has 0 bridgehead atoms. The lowest BCUT2D eigenvalue weighted by molar-refractivity contribution is 0.320. The molecule has 0 amide bonds. The number of halogens is 5. The minimum Gasteiger partial charge on any atom is -0.491 e. The Labute approximate surface area is 127 Å². The Morgan fingerprint density at radius 3 is 1.74 bits per heavy atom. The minimum atomic E-state index is -5.27. The van der Waals surface area contributed by atoms with Gasteiger partial charge in [0.1, 0.15) is 11.6 Å². The van der Waals surface area contributed by atoms with Gasteiger partial charge >= 0.3 is 10.1 Å². The van der Waals surface area contributed by atoms with E-state index in [2.05, 4.69) is 8.92 Å². The third-order valence-electron chi connectivity index (χ3n) is 2.66. The molecule has 124 valence electrons. The molecule has 0 aliphatic rings. The highest BCUT2D eigenvalue weighted by Crippen LogP contribution is 2.33. The summed E-state index contributed by atoms with van der Waals surface area (Å²) in [5.74, 6) is -11.1. The molecule has 0 aliphatic carbocycles. The summed E-state index contributed by atoms with van der Waals surface area (Å²) in [7, 11) is -4.53. The van der Waals surface area contributed by atoms with E-state index in [-0.39, 0.29) is 0 Å². The third-order valence-corrected chi connectivity index (χ3v) is 3.93. The van der Waals surface area contributed by atoms with E-state index in [1.807, 2.05) is 0 Å². The van der Waals surface area contributed by atoms with Crippen molar-refractivity contribution in [1.82, 2.24) is 0 Å². The van der Waals surface area contributed by atoms with Crippen molar-refractivity contribution in [1.29, 1.82) is 0 Å². The summed E-state index contributed by atoms with van der Waals surface area (Å²) in [6.45, 7) is 0. The van der Waals surface area contributed by atoms with Crippen LogP contribution in [0.1, 0.15) is 0 Å². The molecular formula is C13H7F5O4S. The van der Waals surface area contributed by atoms with Gasteiger partial charge in [-0.3, -0.25) is 0 Å². The highest BCUT2D eigenvalue weighted by Gasteiger charge is 2.35. The summed E-state index contributed by atoms with van der Waals surface area (Å²) in [6, 6.07) is 3.32. The van der Waals surface area contributed by atoms with Crippen LogP contribution in [0.5, 0.6) is 11.5 Å². The van der Waals surface area contributed by atoms with E-state index in [1.165, 1.54) is 0 Å². The molecule has 0 spiro atoms. The molecule has 0 fully saturated rings. The van der Waals surface area contributed by atoms with Crippen LogP contribution in [0.4, 0.5) is 22.0 Å². The number of rotatable bonds is 4. The molecule has 0 saturated heterocycles. The number of hydrogen-bond donors (Lipinski definition) is 0. The van der Waals surface area contributed by atoms with Gasteiger partial charge in [-0.2, -0.15) is 17.2 Å². The Bertz CT molecular complexity index is 821. The second kappa shape index (κ2) is 6.03. The quantitative estimate of drug-likeness (QED) is 0.481. The lowest BCUT2D eigenvalue weighted by atomic mass is 10.3. The number of benzene rings is 2. The van der Waals surface area contributed by atoms with Crippen molar-refractivity contribution >= 4 is 10.1 Å². The molecule has 2 aromatic rings. The molecule has 10 heteroatoms. The molecule has 23 heavy (non-hydrogen) atoms. The van der Waals surface area contributed by atoms with Crippen LogP contribution in [0.3, 0.4) is 0 Å². The Morgan fingerprint density at radius 2 is 1.30 bits per heavy atom. The molecule has 2 rings (SSSR count). The maximum Gasteiger partial charge on any atom is 0.345 e. The fourth-order valence-electron chi connectivity index (χ4n) is 1.65. The molecule has 0 unspecified atom stereocenters. The van der Waals surface area contributed by atoms with Crippen LogP contribution >= 0.6 is 0 Å². The minimum absolute atomic E-state index is 0.512. The van der Waals surface area contributed by atoms with Crippen LogP contribution in [0, 0.1) is 29.1 Å². The molecule has 0 atom stereocenters. The Hall–Kier alpha value is -2.36. The summed E-state index contributed by atoms with van der Waals surface area (Å²) >= 11 is 0. The van der Waals surface area contributed by atoms with Crippen LogP contribution < -0.4 is 8.92 Å². The second-order valence-electron chi connectivity index (χ2n) is 4.11. The van der Waals surface area contributed by atoms with Gasteiger partial charge in [0.2, 0.25) is 11.6 Å². The van der Waals surface area contributed by atoms with Crippen molar-refractivity contribution in [2.75, 3.05) is 7.11 Å². The predicted molar refractivity (Wildman–Crippen MR) is 67.0 cm³/mol. The molecule has 0 saturated carbocycles. The van der Waals surface area contributed by atoms with Gasteiger partial charge in [-0.05, 0) is 24.3 Å². The van der Waals surface area contributed by atoms with Crippen molar-refractivity contribution in [2.24, 2.45) is 0 Å². The smallest absolute Gasteiger partial charge is 0.345 e. The van der Waals surface area contributed by atoms with Gasteiger partial charge < -0.3 is 8.92 Å². The average Bonchev–Trinajstić information content (AvgIpc) is 2.48. The molecule has 0 heterocycles. The largest absolute Gasteiger partial charge is 0.491 e. The van der Waals surface area contributed by atoms with Gasteiger partial charge in [-0.1, -0.05) is 0 Å². The summed E-state index contributed by atoms with van der Waals surface area (Å²) in [6.07, 6.45) is 0. The van der Waals surface area contributed by atoms with E-state index in [0.717, 1.165) is 31.4 Å². The SMILES string of the molecule is COc1c(F)c(F)c(S(=O)(=O)Oc2ccc(F)cc2)c(F)c1F. The van der Waals surface area contributed by atoms with Gasteiger partial charge in [0.05, 0.1) is 7.11 Å². The van der Waals surface area contributed by atoms with E-state index >= 15 is 0 Å². The van der Waals surface area contributed by atoms with E-state index in [1.54, 1.807) is 0 Å². The topological polar surface area (TPSA) is 52.6 Å². The summed E-state index contributed by atoms with van der Waals surface area (Å²) in [4.78, 5) is -1.96. The van der Waals surface area contributed by atoms with Crippen molar-refractivity contribution < 1.29 is 39.3 Å². The molecular weight excluding hydrogens is 347 g/mol. The first-order valence-electron chi connectivity index (χ1n) is 5.79. The molecule has 0 N–H and O–H groups in total. The Kier molecular flexibility index (Phi) is 4.46. The van der Waals surface area contributed by atoms with Crippen LogP contribution in [-0.4, -0.2) is 15.5 Å². The summed E-state index contributed by atoms with van der Waals surface area (Å²) in [5.41, 5.74) is 0. The van der Waals surface area contributed by atoms with Gasteiger partial charge in [0, 0.05) is 0 Å². The highest BCUT2D eigenvalue weighted by molar-refractivity contribution is 7.87. The van der Waals surface area contributed by atoms with E-state index in [0.29, 0.717) is 0 Å². The first kappa shape index (κ1) is 17.0. The summed E-state index contributed by atoms with van der Waals surface area (Å²) in [5, 5.41) is 0. The molecule has 4 nitrogen and oxygen atoms in total. The number of methoxy groups -OCH3 is 1. The van der Waals surface area contributed by atoms with Gasteiger partial charge in [0.25, 0.3) is 0 Å². The van der Waals surface area contributed by atoms with Crippen molar-refractivity contribution in [2.45, 2.75) is 4.90 Å². The lowest BCUT2D eigenvalue weighted by Gasteiger charge is -2.12. The molecule has 2 aromatic carbocycles. The van der Waals surface area contributed by atoms with Crippen LogP contribution in [0.2, 0.25) is 0 Å². The molecule has 0 aromatic heterocycles. The maximum atomic E-state index is 13.8. The zero-order valence-electron chi connectivity index (χ0n) is 11.2. The molecule has 0 aliphatic heterocycles. The number of ether oxygens (including phenoxy) is 1. The zero-order chi connectivity index (χ0) is 17.4. The fraction of sp³-hybridized carbons (Fsp3) is 0.0769. The summed E-state index contributed by atoms with van der Waals surface area (Å²) < 4.78 is 99.6. The second-order valence-corrected chi connectivity index (χ2v) is 5.59.